The van der Waals surface area contributed by atoms with Gasteiger partial charge in [-0.2, -0.15) is 13.2 Å². The molecule has 0 bridgehead atoms. The maximum Gasteiger partial charge on any atom is 0.416 e. The number of halogens is 3. The number of hydrogen-bond donors (Lipinski definition) is 1. The number of amides is 2. The highest BCUT2D eigenvalue weighted by Crippen LogP contribution is 2.30. The second-order valence-corrected chi connectivity index (χ2v) is 6.41. The Balaban J connectivity index is 1.52. The Morgan fingerprint density at radius 3 is 2.14 bits per heavy atom. The van der Waals surface area contributed by atoms with Crippen LogP contribution in [0, 0.1) is 0 Å². The number of anilines is 2. The molecule has 8 heteroatoms. The van der Waals surface area contributed by atoms with Gasteiger partial charge < -0.3 is 19.9 Å². The van der Waals surface area contributed by atoms with Crippen LogP contribution in [-0.2, 0) is 6.18 Å². The van der Waals surface area contributed by atoms with Crippen LogP contribution in [-0.4, -0.2) is 43.7 Å². The Bertz CT molecular complexity index is 784. The molecule has 1 fully saturated rings. The first-order valence-corrected chi connectivity index (χ1v) is 9.08. The van der Waals surface area contributed by atoms with E-state index in [-0.39, 0.29) is 6.03 Å². The third-order valence-electron chi connectivity index (χ3n) is 4.54. The molecule has 1 aliphatic rings. The average Bonchev–Trinajstić information content (AvgIpc) is 2.69. The number of nitrogens with zero attached hydrogens (tertiary/aromatic N) is 2. The topological polar surface area (TPSA) is 44.8 Å². The van der Waals surface area contributed by atoms with Crippen LogP contribution in [0.15, 0.2) is 48.5 Å². The summed E-state index contributed by atoms with van der Waals surface area (Å²) in [5.41, 5.74) is 0.739. The molecule has 0 aromatic heterocycles. The number of rotatable bonds is 4. The molecule has 150 valence electrons. The van der Waals surface area contributed by atoms with Crippen molar-refractivity contribution in [1.29, 1.82) is 0 Å². The van der Waals surface area contributed by atoms with Gasteiger partial charge in [0.2, 0.25) is 0 Å². The zero-order valence-electron chi connectivity index (χ0n) is 15.5. The lowest BCUT2D eigenvalue weighted by Crippen LogP contribution is -2.50. The van der Waals surface area contributed by atoms with E-state index in [0.717, 1.165) is 23.6 Å². The van der Waals surface area contributed by atoms with Crippen molar-refractivity contribution in [3.63, 3.8) is 0 Å². The van der Waals surface area contributed by atoms with Crippen LogP contribution in [0.2, 0.25) is 0 Å². The van der Waals surface area contributed by atoms with E-state index in [1.165, 1.54) is 12.1 Å². The van der Waals surface area contributed by atoms with Crippen molar-refractivity contribution in [2.75, 3.05) is 43.0 Å². The third kappa shape index (κ3) is 4.88. The summed E-state index contributed by atoms with van der Waals surface area (Å²) in [5.74, 6) is 0.741. The monoisotopic (exact) mass is 393 g/mol. The fraction of sp³-hybridized carbons (Fsp3) is 0.350. The van der Waals surface area contributed by atoms with Crippen molar-refractivity contribution in [3.05, 3.63) is 54.1 Å². The van der Waals surface area contributed by atoms with Crippen molar-refractivity contribution in [3.8, 4) is 5.75 Å². The second kappa shape index (κ2) is 8.41. The first-order valence-electron chi connectivity index (χ1n) is 9.08. The van der Waals surface area contributed by atoms with Gasteiger partial charge in [0, 0.05) is 37.6 Å². The van der Waals surface area contributed by atoms with Gasteiger partial charge in [0.1, 0.15) is 5.75 Å². The highest BCUT2D eigenvalue weighted by atomic mass is 19.4. The molecule has 2 aromatic rings. The molecular weight excluding hydrogens is 371 g/mol. The van der Waals surface area contributed by atoms with Crippen LogP contribution in [0.25, 0.3) is 0 Å². The molecule has 0 radical (unpaired) electrons. The van der Waals surface area contributed by atoms with E-state index in [4.69, 9.17) is 4.74 Å². The smallest absolute Gasteiger partial charge is 0.416 e. The van der Waals surface area contributed by atoms with E-state index >= 15 is 0 Å². The van der Waals surface area contributed by atoms with E-state index in [0.29, 0.717) is 38.5 Å². The molecule has 2 aromatic carbocycles. The van der Waals surface area contributed by atoms with E-state index in [9.17, 15) is 18.0 Å². The van der Waals surface area contributed by atoms with Crippen molar-refractivity contribution < 1.29 is 22.7 Å². The summed E-state index contributed by atoms with van der Waals surface area (Å²) in [6, 6.07) is 12.1. The number of nitrogens with one attached hydrogen (secondary N) is 1. The molecule has 3 rings (SSSR count). The summed E-state index contributed by atoms with van der Waals surface area (Å²) in [6.07, 6.45) is -4.34. The summed E-state index contributed by atoms with van der Waals surface area (Å²) >= 11 is 0. The van der Waals surface area contributed by atoms with Crippen molar-refractivity contribution in [2.45, 2.75) is 13.1 Å². The molecule has 2 amide bonds. The van der Waals surface area contributed by atoms with Gasteiger partial charge in [-0.05, 0) is 55.5 Å². The molecule has 0 spiro atoms. The first-order chi connectivity index (χ1) is 13.4. The molecule has 1 N–H and O–H groups in total. The molecular formula is C20H22F3N3O2. The van der Waals surface area contributed by atoms with E-state index in [1.54, 1.807) is 29.2 Å². The van der Waals surface area contributed by atoms with Crippen molar-refractivity contribution in [1.82, 2.24) is 4.90 Å². The minimum Gasteiger partial charge on any atom is -0.494 e. The highest BCUT2D eigenvalue weighted by Gasteiger charge is 2.30. The van der Waals surface area contributed by atoms with Gasteiger partial charge in [-0.3, -0.25) is 0 Å². The summed E-state index contributed by atoms with van der Waals surface area (Å²) in [6.45, 7) is 4.58. The number of hydrogen-bond acceptors (Lipinski definition) is 3. The molecule has 1 aliphatic heterocycles. The van der Waals surface area contributed by atoms with Crippen molar-refractivity contribution >= 4 is 17.4 Å². The minimum atomic E-state index is -4.34. The molecule has 0 unspecified atom stereocenters. The number of benzene rings is 2. The quantitative estimate of drug-likeness (QED) is 0.834. The second-order valence-electron chi connectivity index (χ2n) is 6.41. The summed E-state index contributed by atoms with van der Waals surface area (Å²) in [5, 5.41) is 2.85. The number of ether oxygens (including phenoxy) is 1. The van der Waals surface area contributed by atoms with Gasteiger partial charge in [-0.25, -0.2) is 4.79 Å². The van der Waals surface area contributed by atoms with Gasteiger partial charge in [0.15, 0.2) is 0 Å². The molecule has 0 atom stereocenters. The van der Waals surface area contributed by atoms with Crippen LogP contribution in [0.3, 0.4) is 0 Å². The molecule has 1 heterocycles. The number of urea groups is 1. The summed E-state index contributed by atoms with van der Waals surface area (Å²) < 4.78 is 43.4. The predicted molar refractivity (Wildman–Crippen MR) is 102 cm³/mol. The average molecular weight is 393 g/mol. The van der Waals surface area contributed by atoms with Gasteiger partial charge in [0.05, 0.1) is 12.2 Å². The van der Waals surface area contributed by atoms with E-state index in [2.05, 4.69) is 5.32 Å². The van der Waals surface area contributed by atoms with Gasteiger partial charge >= 0.3 is 12.2 Å². The highest BCUT2D eigenvalue weighted by molar-refractivity contribution is 5.89. The largest absolute Gasteiger partial charge is 0.494 e. The maximum atomic E-state index is 12.7. The van der Waals surface area contributed by atoms with E-state index in [1.807, 2.05) is 11.8 Å². The minimum absolute atomic E-state index is 0.198. The van der Waals surface area contributed by atoms with Gasteiger partial charge in [-0.1, -0.05) is 0 Å². The van der Waals surface area contributed by atoms with E-state index < -0.39 is 11.7 Å². The van der Waals surface area contributed by atoms with Gasteiger partial charge in [0.25, 0.3) is 0 Å². The van der Waals surface area contributed by atoms with Crippen LogP contribution >= 0.6 is 0 Å². The van der Waals surface area contributed by atoms with Crippen molar-refractivity contribution in [2.24, 2.45) is 0 Å². The molecule has 1 saturated heterocycles. The van der Waals surface area contributed by atoms with Gasteiger partial charge in [-0.15, -0.1) is 0 Å². The van der Waals surface area contributed by atoms with Crippen LogP contribution in [0.4, 0.5) is 29.3 Å². The fourth-order valence-electron chi connectivity index (χ4n) is 3.03. The standard InChI is InChI=1S/C20H22F3N3O2/c1-2-28-18-9-5-16(6-10-18)24-19(27)26-13-11-25(12-14-26)17-7-3-15(4-8-17)20(21,22)23/h3-10H,2,11-14H2,1H3,(H,24,27). The summed E-state index contributed by atoms with van der Waals surface area (Å²) in [4.78, 5) is 16.1. The zero-order valence-corrected chi connectivity index (χ0v) is 15.5. The van der Waals surface area contributed by atoms with Crippen LogP contribution < -0.4 is 15.0 Å². The number of piperazine rings is 1. The Hall–Kier alpha value is -2.90. The Labute approximate surface area is 161 Å². The number of alkyl halides is 3. The summed E-state index contributed by atoms with van der Waals surface area (Å²) in [7, 11) is 0. The Kier molecular flexibility index (Phi) is 5.96. The SMILES string of the molecule is CCOc1ccc(NC(=O)N2CCN(c3ccc(C(F)(F)F)cc3)CC2)cc1. The number of carbonyl (C=O) groups excluding carboxylic acids is 1. The molecule has 0 saturated carbocycles. The predicted octanol–water partition coefficient (Wildman–Crippen LogP) is 4.46. The zero-order chi connectivity index (χ0) is 20.1. The number of carbonyl (C=O) groups is 1. The Morgan fingerprint density at radius 2 is 1.61 bits per heavy atom. The molecule has 0 aliphatic carbocycles. The lowest BCUT2D eigenvalue weighted by atomic mass is 10.1. The van der Waals surface area contributed by atoms with Crippen LogP contribution in [0.1, 0.15) is 12.5 Å². The first kappa shape index (κ1) is 19.9. The fourth-order valence-corrected chi connectivity index (χ4v) is 3.03. The lowest BCUT2D eigenvalue weighted by Gasteiger charge is -2.36. The third-order valence-corrected chi connectivity index (χ3v) is 4.54. The molecule has 5 nitrogen and oxygen atoms in total. The Morgan fingerprint density at radius 1 is 1.00 bits per heavy atom. The lowest BCUT2D eigenvalue weighted by molar-refractivity contribution is -0.137. The van der Waals surface area contributed by atoms with Crippen LogP contribution in [0.5, 0.6) is 5.75 Å². The maximum absolute atomic E-state index is 12.7. The normalized spacial score (nSPS) is 14.7. The molecule has 28 heavy (non-hydrogen) atoms.